The van der Waals surface area contributed by atoms with Gasteiger partial charge >= 0.3 is 0 Å². The van der Waals surface area contributed by atoms with Crippen molar-refractivity contribution in [3.63, 3.8) is 0 Å². The Bertz CT molecular complexity index is 737. The normalized spacial score (nSPS) is 12.3. The largest absolute Gasteiger partial charge is 0.504 e. The number of aryl methyl sites for hydroxylation is 1. The number of phenols is 2. The quantitative estimate of drug-likeness (QED) is 0.853. The molecule has 0 aromatic heterocycles. The van der Waals surface area contributed by atoms with Crippen molar-refractivity contribution in [2.45, 2.75) is 12.8 Å². The topological polar surface area (TPSA) is 68.2 Å². The zero-order valence-electron chi connectivity index (χ0n) is 12.8. The number of aromatic hydroxyl groups is 2. The number of fused-ring (bicyclic) bond motifs is 3. The number of ether oxygens (including phenoxy) is 3. The maximum absolute atomic E-state index is 9.82. The van der Waals surface area contributed by atoms with Crippen LogP contribution in [0.2, 0.25) is 0 Å². The lowest BCUT2D eigenvalue weighted by molar-refractivity contribution is 0.322. The summed E-state index contributed by atoms with van der Waals surface area (Å²) < 4.78 is 16.3. The molecule has 5 heteroatoms. The standard InChI is InChI=1S/C17H18O5/c1-20-15-8-12-10(16(21-2)17(15)22-3)5-4-9-6-13(18)14(19)7-11(9)12/h6-8,18-19H,4-5H2,1-3H3. The molecule has 0 aliphatic heterocycles. The van der Waals surface area contributed by atoms with Crippen molar-refractivity contribution < 1.29 is 24.4 Å². The summed E-state index contributed by atoms with van der Waals surface area (Å²) in [4.78, 5) is 0. The van der Waals surface area contributed by atoms with E-state index in [0.717, 1.165) is 35.1 Å². The number of phenolic OH excluding ortho intramolecular Hbond substituents is 2. The lowest BCUT2D eigenvalue weighted by atomic mass is 9.84. The monoisotopic (exact) mass is 302 g/mol. The molecule has 0 spiro atoms. The van der Waals surface area contributed by atoms with Crippen molar-refractivity contribution in [3.05, 3.63) is 29.3 Å². The summed E-state index contributed by atoms with van der Waals surface area (Å²) in [5.74, 6) is 1.54. The van der Waals surface area contributed by atoms with Crippen LogP contribution in [-0.4, -0.2) is 31.5 Å². The molecule has 2 aromatic carbocycles. The Morgan fingerprint density at radius 3 is 2.09 bits per heavy atom. The third kappa shape index (κ3) is 2.01. The molecule has 22 heavy (non-hydrogen) atoms. The minimum Gasteiger partial charge on any atom is -0.504 e. The molecular formula is C17H18O5. The Hall–Kier alpha value is -2.56. The van der Waals surface area contributed by atoms with Gasteiger partial charge in [-0.25, -0.2) is 0 Å². The van der Waals surface area contributed by atoms with E-state index in [1.807, 2.05) is 6.07 Å². The first kappa shape index (κ1) is 14.4. The Labute approximate surface area is 128 Å². The predicted molar refractivity (Wildman–Crippen MR) is 82.3 cm³/mol. The van der Waals surface area contributed by atoms with Crippen molar-refractivity contribution in [1.82, 2.24) is 0 Å². The average molecular weight is 302 g/mol. The molecular weight excluding hydrogens is 284 g/mol. The highest BCUT2D eigenvalue weighted by Gasteiger charge is 2.26. The Kier molecular flexibility index (Phi) is 3.48. The molecule has 3 rings (SSSR count). The molecule has 0 unspecified atom stereocenters. The minimum absolute atomic E-state index is 0.102. The van der Waals surface area contributed by atoms with E-state index in [2.05, 4.69) is 0 Å². The molecule has 0 bridgehead atoms. The second-order valence-corrected chi connectivity index (χ2v) is 5.17. The molecule has 0 amide bonds. The van der Waals surface area contributed by atoms with Crippen LogP contribution in [0.4, 0.5) is 0 Å². The molecule has 0 radical (unpaired) electrons. The molecule has 0 heterocycles. The summed E-state index contributed by atoms with van der Waals surface area (Å²) >= 11 is 0. The Morgan fingerprint density at radius 1 is 0.773 bits per heavy atom. The zero-order valence-corrected chi connectivity index (χ0v) is 12.8. The SMILES string of the molecule is COc1cc2c(c(OC)c1OC)CCc1cc(O)c(O)cc1-2. The summed E-state index contributed by atoms with van der Waals surface area (Å²) in [7, 11) is 4.75. The first-order chi connectivity index (χ1) is 10.6. The smallest absolute Gasteiger partial charge is 0.203 e. The Balaban J connectivity index is 2.31. The van der Waals surface area contributed by atoms with Gasteiger partial charge in [-0.1, -0.05) is 0 Å². The van der Waals surface area contributed by atoms with Crippen molar-refractivity contribution in [1.29, 1.82) is 0 Å². The Morgan fingerprint density at radius 2 is 1.45 bits per heavy atom. The fourth-order valence-corrected chi connectivity index (χ4v) is 3.04. The molecule has 0 atom stereocenters. The first-order valence-corrected chi connectivity index (χ1v) is 6.97. The van der Waals surface area contributed by atoms with Gasteiger partial charge < -0.3 is 24.4 Å². The van der Waals surface area contributed by atoms with Crippen molar-refractivity contribution in [2.24, 2.45) is 0 Å². The molecule has 1 aliphatic rings. The van der Waals surface area contributed by atoms with Crippen molar-refractivity contribution >= 4 is 0 Å². The highest BCUT2D eigenvalue weighted by molar-refractivity contribution is 5.81. The minimum atomic E-state index is -0.139. The maximum Gasteiger partial charge on any atom is 0.203 e. The molecule has 0 saturated carbocycles. The number of methoxy groups -OCH3 is 3. The third-order valence-corrected chi connectivity index (χ3v) is 4.07. The second-order valence-electron chi connectivity index (χ2n) is 5.17. The second kappa shape index (κ2) is 5.33. The maximum atomic E-state index is 9.82. The van der Waals surface area contributed by atoms with Gasteiger partial charge in [0.05, 0.1) is 21.3 Å². The summed E-state index contributed by atoms with van der Waals surface area (Å²) in [5, 5.41) is 19.5. The van der Waals surface area contributed by atoms with E-state index >= 15 is 0 Å². The van der Waals surface area contributed by atoms with Gasteiger partial charge in [-0.2, -0.15) is 0 Å². The number of hydrogen-bond donors (Lipinski definition) is 2. The summed E-state index contributed by atoms with van der Waals surface area (Å²) in [6, 6.07) is 5.07. The van der Waals surface area contributed by atoms with Gasteiger partial charge in [-0.15, -0.1) is 0 Å². The summed E-state index contributed by atoms with van der Waals surface area (Å²) in [6.45, 7) is 0. The summed E-state index contributed by atoms with van der Waals surface area (Å²) in [6.07, 6.45) is 1.51. The fourth-order valence-electron chi connectivity index (χ4n) is 3.04. The van der Waals surface area contributed by atoms with Crippen molar-refractivity contribution in [2.75, 3.05) is 21.3 Å². The van der Waals surface area contributed by atoms with Crippen LogP contribution in [0.15, 0.2) is 18.2 Å². The zero-order chi connectivity index (χ0) is 15.9. The lowest BCUT2D eigenvalue weighted by Crippen LogP contribution is -2.08. The van der Waals surface area contributed by atoms with Crippen LogP contribution < -0.4 is 14.2 Å². The van der Waals surface area contributed by atoms with Gasteiger partial charge in [0.1, 0.15) is 0 Å². The molecule has 5 nitrogen and oxygen atoms in total. The van der Waals surface area contributed by atoms with Crippen LogP contribution in [0.25, 0.3) is 11.1 Å². The average Bonchev–Trinajstić information content (AvgIpc) is 2.53. The predicted octanol–water partition coefficient (Wildman–Crippen LogP) is 2.89. The molecule has 0 fully saturated rings. The van der Waals surface area contributed by atoms with Crippen LogP contribution in [-0.2, 0) is 12.8 Å². The van der Waals surface area contributed by atoms with Crippen LogP contribution in [0.3, 0.4) is 0 Å². The highest BCUT2D eigenvalue weighted by atomic mass is 16.5. The van der Waals surface area contributed by atoms with Gasteiger partial charge in [-0.3, -0.25) is 0 Å². The van der Waals surface area contributed by atoms with Crippen molar-refractivity contribution in [3.8, 4) is 39.9 Å². The van der Waals surface area contributed by atoms with E-state index in [1.54, 1.807) is 33.5 Å². The fraction of sp³-hybridized carbons (Fsp3) is 0.294. The van der Waals surface area contributed by atoms with Gasteiger partial charge in [-0.05, 0) is 47.7 Å². The third-order valence-electron chi connectivity index (χ3n) is 4.07. The lowest BCUT2D eigenvalue weighted by Gasteiger charge is -2.25. The van der Waals surface area contributed by atoms with Crippen LogP contribution in [0.5, 0.6) is 28.7 Å². The molecule has 2 aromatic rings. The molecule has 2 N–H and O–H groups in total. The number of benzene rings is 2. The first-order valence-electron chi connectivity index (χ1n) is 6.97. The van der Waals surface area contributed by atoms with Gasteiger partial charge in [0.2, 0.25) is 5.75 Å². The van der Waals surface area contributed by atoms with Crippen LogP contribution in [0.1, 0.15) is 11.1 Å². The van der Waals surface area contributed by atoms with E-state index in [1.165, 1.54) is 0 Å². The van der Waals surface area contributed by atoms with Crippen LogP contribution >= 0.6 is 0 Å². The number of rotatable bonds is 3. The molecule has 1 aliphatic carbocycles. The van der Waals surface area contributed by atoms with E-state index < -0.39 is 0 Å². The van der Waals surface area contributed by atoms with E-state index in [9.17, 15) is 10.2 Å². The molecule has 0 saturated heterocycles. The van der Waals surface area contributed by atoms with Gasteiger partial charge in [0.15, 0.2) is 23.0 Å². The number of hydrogen-bond acceptors (Lipinski definition) is 5. The van der Waals surface area contributed by atoms with E-state index in [0.29, 0.717) is 17.2 Å². The summed E-state index contributed by atoms with van der Waals surface area (Å²) in [5.41, 5.74) is 3.79. The van der Waals surface area contributed by atoms with E-state index in [-0.39, 0.29) is 11.5 Å². The highest BCUT2D eigenvalue weighted by Crippen LogP contribution is 2.49. The van der Waals surface area contributed by atoms with E-state index in [4.69, 9.17) is 14.2 Å². The van der Waals surface area contributed by atoms with Crippen LogP contribution in [0, 0.1) is 0 Å². The van der Waals surface area contributed by atoms with Gasteiger partial charge in [0, 0.05) is 5.56 Å². The molecule has 116 valence electrons. The van der Waals surface area contributed by atoms with Gasteiger partial charge in [0.25, 0.3) is 0 Å².